The zero-order valence-electron chi connectivity index (χ0n) is 65.5. The highest BCUT2D eigenvalue weighted by Crippen LogP contribution is 2.45. The third-order valence-corrected chi connectivity index (χ3v) is 17.8. The molecule has 0 radical (unpaired) electrons. The summed E-state index contributed by atoms with van der Waals surface area (Å²) in [7, 11) is -10.0. The molecule has 0 aliphatic carbocycles. The van der Waals surface area contributed by atoms with Gasteiger partial charge in [0.25, 0.3) is 0 Å². The van der Waals surface area contributed by atoms with E-state index in [1.165, 1.54) is 19.3 Å². The van der Waals surface area contributed by atoms with E-state index in [1.54, 1.807) is 12.2 Å². The Bertz CT molecular complexity index is 2730. The van der Waals surface area contributed by atoms with Crippen molar-refractivity contribution in [2.24, 2.45) is 0 Å². The number of carbonyl (C=O) groups is 4. The second kappa shape index (κ2) is 77.3. The summed E-state index contributed by atoms with van der Waals surface area (Å²) in [6.45, 7) is 4.31. The number of carbonyl (C=O) groups excluding carboxylic acids is 4. The summed E-state index contributed by atoms with van der Waals surface area (Å²) < 4.78 is 68.5. The summed E-state index contributed by atoms with van der Waals surface area (Å²) in [5.41, 5.74) is 0. The molecule has 0 spiro atoms. The predicted octanol–water partition coefficient (Wildman–Crippen LogP) is 23.6. The average Bonchev–Trinajstić information content (AvgIpc) is 0.902. The number of rotatable bonds is 73. The largest absolute Gasteiger partial charge is 0.472 e. The molecule has 5 atom stereocenters. The van der Waals surface area contributed by atoms with Gasteiger partial charge in [0, 0.05) is 19.3 Å². The van der Waals surface area contributed by atoms with Crippen LogP contribution in [0.5, 0.6) is 0 Å². The Balaban J connectivity index is 5.49. The molecule has 17 nitrogen and oxygen atoms in total. The monoisotopic (exact) mass is 1520 g/mol. The van der Waals surface area contributed by atoms with Crippen LogP contribution >= 0.6 is 15.6 Å². The molecule has 600 valence electrons. The molecule has 106 heavy (non-hydrogen) atoms. The molecule has 0 saturated carbocycles. The van der Waals surface area contributed by atoms with Gasteiger partial charge in [-0.2, -0.15) is 0 Å². The normalized spacial score (nSPS) is 14.8. The first kappa shape index (κ1) is 100. The van der Waals surface area contributed by atoms with E-state index in [-0.39, 0.29) is 25.7 Å². The van der Waals surface area contributed by atoms with Crippen molar-refractivity contribution >= 4 is 39.5 Å². The molecule has 0 fully saturated rings. The van der Waals surface area contributed by atoms with Gasteiger partial charge in [0.1, 0.15) is 19.3 Å². The van der Waals surface area contributed by atoms with E-state index >= 15 is 0 Å². The molecule has 3 N–H and O–H groups in total. The third-order valence-electron chi connectivity index (χ3n) is 15.9. The van der Waals surface area contributed by atoms with Crippen molar-refractivity contribution in [1.29, 1.82) is 0 Å². The van der Waals surface area contributed by atoms with Crippen molar-refractivity contribution in [1.82, 2.24) is 0 Å². The minimum Gasteiger partial charge on any atom is -0.462 e. The summed E-state index contributed by atoms with van der Waals surface area (Å²) in [4.78, 5) is 73.0. The van der Waals surface area contributed by atoms with E-state index in [9.17, 15) is 43.2 Å². The number of unbranched alkanes of at least 4 members (excludes halogenated alkanes) is 18. The van der Waals surface area contributed by atoms with Crippen LogP contribution in [0.2, 0.25) is 0 Å². The third kappa shape index (κ3) is 76.4. The molecule has 19 heteroatoms. The summed E-state index contributed by atoms with van der Waals surface area (Å²) >= 11 is 0. The first-order valence-corrected chi connectivity index (χ1v) is 43.0. The van der Waals surface area contributed by atoms with Crippen molar-refractivity contribution in [3.63, 3.8) is 0 Å². The van der Waals surface area contributed by atoms with Gasteiger partial charge in [0.15, 0.2) is 12.2 Å². The first-order chi connectivity index (χ1) is 51.7. The van der Waals surface area contributed by atoms with Crippen LogP contribution in [0, 0.1) is 0 Å². The molecular formula is C87H140O17P2. The lowest BCUT2D eigenvalue weighted by Gasteiger charge is -2.21. The second-order valence-electron chi connectivity index (χ2n) is 25.9. The number of esters is 4. The zero-order valence-corrected chi connectivity index (χ0v) is 67.3. The summed E-state index contributed by atoms with van der Waals surface area (Å²) in [6.07, 6.45) is 93.3. The number of hydrogen-bond donors (Lipinski definition) is 3. The van der Waals surface area contributed by atoms with Crippen molar-refractivity contribution in [2.75, 3.05) is 39.6 Å². The van der Waals surface area contributed by atoms with Crippen LogP contribution < -0.4 is 0 Å². The van der Waals surface area contributed by atoms with Gasteiger partial charge in [-0.25, -0.2) is 9.13 Å². The lowest BCUT2D eigenvalue weighted by atomic mass is 10.1. The fourth-order valence-corrected chi connectivity index (χ4v) is 11.5. The number of phosphoric ester groups is 2. The predicted molar refractivity (Wildman–Crippen MR) is 436 cm³/mol. The van der Waals surface area contributed by atoms with Crippen LogP contribution in [-0.4, -0.2) is 96.7 Å². The standard InChI is InChI=1S/C87H140O17P2/c1-5-9-13-17-21-25-29-33-37-39-40-42-46-48-52-56-60-64-68-72-85(90)98-78-83(104-87(92)74-70-66-62-58-54-50-44-36-32-28-24-20-16-12-8-4)80-102-106(95,96)100-76-81(88)75-99-105(93,94)101-79-82(103-86(91)73-69-65-61-57-53-49-43-35-31-27-23-19-15-11-7-3)77-97-84(89)71-67-63-59-55-51-47-45-41-38-34-30-26-22-18-14-10-6-2/h10-12,14-16,21-28,33-38,40,42-45,47,54,58,66,70,81-83,88H,5-9,13,17-20,29-32,39,41,46,48-53,55-57,59-65,67-69,71-80H2,1-4H3,(H,93,94)(H,95,96)/b14-10-,15-11-,16-12-,25-21-,26-22-,27-23-,28-24-,37-33-,38-34-,42-40-,43-35-,44-36-,47-45-,58-54-,70-66-. The highest BCUT2D eigenvalue weighted by molar-refractivity contribution is 7.47. The topological polar surface area (TPSA) is 237 Å². The maximum absolute atomic E-state index is 13.1. The Morgan fingerprint density at radius 3 is 0.840 bits per heavy atom. The summed E-state index contributed by atoms with van der Waals surface area (Å²) in [5, 5.41) is 10.6. The molecule has 0 amide bonds. The fraction of sp³-hybridized carbons (Fsp3) is 0.609. The van der Waals surface area contributed by atoms with Crippen LogP contribution in [0.1, 0.15) is 285 Å². The van der Waals surface area contributed by atoms with Gasteiger partial charge in [-0.3, -0.25) is 37.3 Å². The number of aliphatic hydroxyl groups is 1. The average molecular weight is 1520 g/mol. The van der Waals surface area contributed by atoms with Crippen molar-refractivity contribution in [3.05, 3.63) is 182 Å². The number of ether oxygens (including phenoxy) is 4. The fourth-order valence-electron chi connectivity index (χ4n) is 9.89. The van der Waals surface area contributed by atoms with Crippen LogP contribution in [0.4, 0.5) is 0 Å². The molecule has 0 aromatic heterocycles. The molecular weight excluding hydrogens is 1380 g/mol. The Labute approximate surface area is 641 Å². The minimum absolute atomic E-state index is 0.0601. The van der Waals surface area contributed by atoms with Crippen LogP contribution in [0.3, 0.4) is 0 Å². The smallest absolute Gasteiger partial charge is 0.462 e. The molecule has 0 heterocycles. The maximum atomic E-state index is 13.1. The highest BCUT2D eigenvalue weighted by Gasteiger charge is 2.30. The van der Waals surface area contributed by atoms with Crippen LogP contribution in [0.25, 0.3) is 0 Å². The first-order valence-electron chi connectivity index (χ1n) is 40.0. The molecule has 5 unspecified atom stereocenters. The van der Waals surface area contributed by atoms with Crippen LogP contribution in [0.15, 0.2) is 182 Å². The van der Waals surface area contributed by atoms with Gasteiger partial charge in [0.2, 0.25) is 0 Å². The van der Waals surface area contributed by atoms with Gasteiger partial charge < -0.3 is 33.8 Å². The van der Waals surface area contributed by atoms with E-state index in [0.717, 1.165) is 186 Å². The number of phosphoric acid groups is 2. The van der Waals surface area contributed by atoms with E-state index < -0.39 is 97.5 Å². The van der Waals surface area contributed by atoms with E-state index in [1.807, 2.05) is 12.2 Å². The molecule has 0 aliphatic rings. The van der Waals surface area contributed by atoms with Crippen molar-refractivity contribution in [3.8, 4) is 0 Å². The molecule has 0 aliphatic heterocycles. The molecule has 0 aromatic rings. The van der Waals surface area contributed by atoms with Crippen molar-refractivity contribution < 1.29 is 80.2 Å². The van der Waals surface area contributed by atoms with Gasteiger partial charge in [-0.15, -0.1) is 0 Å². The number of hydrogen-bond acceptors (Lipinski definition) is 15. The van der Waals surface area contributed by atoms with E-state index in [0.29, 0.717) is 25.7 Å². The molecule has 0 rings (SSSR count). The van der Waals surface area contributed by atoms with Gasteiger partial charge in [-0.05, 0) is 161 Å². The minimum atomic E-state index is -5.02. The zero-order chi connectivity index (χ0) is 77.4. The molecule has 0 bridgehead atoms. The van der Waals surface area contributed by atoms with Gasteiger partial charge in [-0.1, -0.05) is 281 Å². The van der Waals surface area contributed by atoms with Gasteiger partial charge in [0.05, 0.1) is 32.8 Å². The Morgan fingerprint density at radius 1 is 0.283 bits per heavy atom. The summed E-state index contributed by atoms with van der Waals surface area (Å²) in [6, 6.07) is 0. The van der Waals surface area contributed by atoms with E-state index in [2.05, 4.69) is 186 Å². The highest BCUT2D eigenvalue weighted by atomic mass is 31.2. The van der Waals surface area contributed by atoms with Crippen LogP contribution in [-0.2, 0) is 65.4 Å². The quantitative estimate of drug-likeness (QED) is 0.0169. The second-order valence-corrected chi connectivity index (χ2v) is 28.8. The Morgan fingerprint density at radius 2 is 0.528 bits per heavy atom. The number of aliphatic hydroxyl groups excluding tert-OH is 1. The summed E-state index contributed by atoms with van der Waals surface area (Å²) in [5.74, 6) is -2.40. The lowest BCUT2D eigenvalue weighted by molar-refractivity contribution is -0.161. The molecule has 0 aromatic carbocycles. The maximum Gasteiger partial charge on any atom is 0.472 e. The Kier molecular flexibility index (Phi) is 73.1. The van der Waals surface area contributed by atoms with Crippen molar-refractivity contribution in [2.45, 2.75) is 303 Å². The number of allylic oxidation sites excluding steroid dienone is 29. The molecule has 0 saturated heterocycles. The van der Waals surface area contributed by atoms with Gasteiger partial charge >= 0.3 is 39.5 Å². The lowest BCUT2D eigenvalue weighted by Crippen LogP contribution is -2.30. The SMILES string of the molecule is CC/C=C\C/C=C\C/C=C\C/C=C\C/C=C\CC(=O)OC(COC(=O)CCCCCCCC/C=C\C/C=C\C/C=C\CCCCC)COP(=O)(O)OCC(O)COP(=O)(O)OCC(COC(=O)CCCCCC/C=C\C/C=C\C/C=C\C/C=C\CC)OC(=O)CCCCCCC/C=C\C/C=C\C/C=C\CC. The van der Waals surface area contributed by atoms with E-state index in [4.69, 9.17) is 37.0 Å². The Hall–Kier alpha value is -5.84.